The molecule has 0 heterocycles. The van der Waals surface area contributed by atoms with Crippen LogP contribution >= 0.6 is 11.8 Å². The average molecular weight is 488 g/mol. The molecule has 8 heteroatoms. The van der Waals surface area contributed by atoms with Gasteiger partial charge < -0.3 is 15.4 Å². The predicted molar refractivity (Wildman–Crippen MR) is 135 cm³/mol. The average Bonchev–Trinajstić information content (AvgIpc) is 2.90. The molecule has 3 aromatic carbocycles. The number of hydrogen-bond donors (Lipinski definition) is 2. The lowest BCUT2D eigenvalue weighted by Gasteiger charge is -2.13. The molecule has 0 aliphatic heterocycles. The SMILES string of the molecule is C[C@H](CNC(=O)COC(=O)c1ccccc1SCC(=O)Nc1cccc(C#N)c1)c1ccccc1. The molecule has 1 atom stereocenters. The number of nitrogens with one attached hydrogen (secondary N) is 2. The van der Waals surface area contributed by atoms with Gasteiger partial charge in [0.25, 0.3) is 5.91 Å². The fraction of sp³-hybridized carbons (Fsp3) is 0.185. The van der Waals surface area contributed by atoms with Crippen LogP contribution in [-0.4, -0.2) is 36.7 Å². The van der Waals surface area contributed by atoms with Crippen LogP contribution in [0.3, 0.4) is 0 Å². The molecule has 3 aromatic rings. The quantitative estimate of drug-likeness (QED) is 0.325. The first-order valence-electron chi connectivity index (χ1n) is 11.0. The lowest BCUT2D eigenvalue weighted by Crippen LogP contribution is -2.31. The van der Waals surface area contributed by atoms with Gasteiger partial charge in [-0.3, -0.25) is 9.59 Å². The first-order chi connectivity index (χ1) is 17.0. The van der Waals surface area contributed by atoms with Crippen molar-refractivity contribution in [3.05, 3.63) is 95.6 Å². The van der Waals surface area contributed by atoms with E-state index < -0.39 is 12.6 Å². The van der Waals surface area contributed by atoms with Crippen LogP contribution < -0.4 is 10.6 Å². The third-order valence-corrected chi connectivity index (χ3v) is 6.12. The highest BCUT2D eigenvalue weighted by atomic mass is 32.2. The van der Waals surface area contributed by atoms with Gasteiger partial charge in [0.2, 0.25) is 5.91 Å². The molecule has 0 saturated carbocycles. The molecule has 0 radical (unpaired) electrons. The number of benzene rings is 3. The van der Waals surface area contributed by atoms with Crippen molar-refractivity contribution in [1.82, 2.24) is 5.32 Å². The summed E-state index contributed by atoms with van der Waals surface area (Å²) < 4.78 is 5.20. The van der Waals surface area contributed by atoms with E-state index >= 15 is 0 Å². The van der Waals surface area contributed by atoms with Gasteiger partial charge in [0.05, 0.1) is 22.9 Å². The molecule has 35 heavy (non-hydrogen) atoms. The van der Waals surface area contributed by atoms with Crippen molar-refractivity contribution in [2.45, 2.75) is 17.7 Å². The van der Waals surface area contributed by atoms with Crippen molar-refractivity contribution >= 4 is 35.2 Å². The number of amides is 2. The zero-order valence-corrected chi connectivity index (χ0v) is 20.0. The van der Waals surface area contributed by atoms with Gasteiger partial charge in [0.1, 0.15) is 0 Å². The summed E-state index contributed by atoms with van der Waals surface area (Å²) in [6.45, 7) is 2.04. The second-order valence-electron chi connectivity index (χ2n) is 7.72. The van der Waals surface area contributed by atoms with Crippen LogP contribution in [0.1, 0.15) is 34.3 Å². The summed E-state index contributed by atoms with van der Waals surface area (Å²) in [6.07, 6.45) is 0. The van der Waals surface area contributed by atoms with Crippen molar-refractivity contribution in [2.75, 3.05) is 24.2 Å². The number of esters is 1. The maximum atomic E-state index is 12.6. The first-order valence-corrected chi connectivity index (χ1v) is 12.0. The first kappa shape index (κ1) is 25.5. The lowest BCUT2D eigenvalue weighted by atomic mass is 10.0. The van der Waals surface area contributed by atoms with E-state index in [0.717, 1.165) is 5.56 Å². The third kappa shape index (κ3) is 8.02. The topological polar surface area (TPSA) is 108 Å². The Bertz CT molecular complexity index is 1220. The Morgan fingerprint density at radius 3 is 2.49 bits per heavy atom. The molecule has 0 fully saturated rings. The van der Waals surface area contributed by atoms with Crippen molar-refractivity contribution in [3.63, 3.8) is 0 Å². The number of carbonyl (C=O) groups excluding carboxylic acids is 3. The summed E-state index contributed by atoms with van der Waals surface area (Å²) in [5.74, 6) is -1.12. The van der Waals surface area contributed by atoms with Crippen LogP contribution in [0.5, 0.6) is 0 Å². The Hall–Kier alpha value is -4.09. The normalized spacial score (nSPS) is 11.1. The highest BCUT2D eigenvalue weighted by Crippen LogP contribution is 2.24. The van der Waals surface area contributed by atoms with Crippen molar-refractivity contribution < 1.29 is 19.1 Å². The van der Waals surface area contributed by atoms with E-state index in [2.05, 4.69) is 10.6 Å². The van der Waals surface area contributed by atoms with Gasteiger partial charge in [-0.15, -0.1) is 11.8 Å². The van der Waals surface area contributed by atoms with Gasteiger partial charge in [-0.1, -0.05) is 55.5 Å². The van der Waals surface area contributed by atoms with Gasteiger partial charge in [-0.2, -0.15) is 5.26 Å². The van der Waals surface area contributed by atoms with Gasteiger partial charge >= 0.3 is 5.97 Å². The fourth-order valence-electron chi connectivity index (χ4n) is 3.19. The van der Waals surface area contributed by atoms with E-state index in [1.807, 2.05) is 43.3 Å². The maximum Gasteiger partial charge on any atom is 0.339 e. The summed E-state index contributed by atoms with van der Waals surface area (Å²) in [5.41, 5.74) is 2.36. The zero-order chi connectivity index (χ0) is 25.0. The summed E-state index contributed by atoms with van der Waals surface area (Å²) in [7, 11) is 0. The predicted octanol–water partition coefficient (Wildman–Crippen LogP) is 4.37. The van der Waals surface area contributed by atoms with Crippen LogP contribution in [0.4, 0.5) is 5.69 Å². The maximum absolute atomic E-state index is 12.6. The lowest BCUT2D eigenvalue weighted by molar-refractivity contribution is -0.124. The fourth-order valence-corrected chi connectivity index (χ4v) is 4.03. The van der Waals surface area contributed by atoms with Crippen LogP contribution in [0.15, 0.2) is 83.8 Å². The number of thioether (sulfide) groups is 1. The number of nitriles is 1. The second-order valence-corrected chi connectivity index (χ2v) is 8.73. The number of rotatable bonds is 10. The number of ether oxygens (including phenoxy) is 1. The Morgan fingerprint density at radius 1 is 0.971 bits per heavy atom. The second kappa shape index (κ2) is 13.0. The summed E-state index contributed by atoms with van der Waals surface area (Å²) in [5, 5.41) is 14.5. The van der Waals surface area contributed by atoms with Crippen molar-refractivity contribution in [2.24, 2.45) is 0 Å². The smallest absolute Gasteiger partial charge is 0.339 e. The summed E-state index contributed by atoms with van der Waals surface area (Å²) in [6, 6.07) is 25.2. The van der Waals surface area contributed by atoms with E-state index in [4.69, 9.17) is 10.00 Å². The molecule has 0 spiro atoms. The molecule has 2 N–H and O–H groups in total. The van der Waals surface area contributed by atoms with Gasteiger partial charge in [0, 0.05) is 17.1 Å². The highest BCUT2D eigenvalue weighted by Gasteiger charge is 2.16. The molecule has 0 bridgehead atoms. The third-order valence-electron chi connectivity index (χ3n) is 5.05. The minimum absolute atomic E-state index is 0.0545. The molecule has 0 aliphatic carbocycles. The number of carbonyl (C=O) groups is 3. The van der Waals surface area contributed by atoms with Crippen LogP contribution in [0, 0.1) is 11.3 Å². The zero-order valence-electron chi connectivity index (χ0n) is 19.2. The Balaban J connectivity index is 1.48. The van der Waals surface area contributed by atoms with Crippen LogP contribution in [0.2, 0.25) is 0 Å². The van der Waals surface area contributed by atoms with E-state index in [1.165, 1.54) is 11.8 Å². The van der Waals surface area contributed by atoms with E-state index in [0.29, 0.717) is 22.7 Å². The molecular formula is C27H25N3O4S. The highest BCUT2D eigenvalue weighted by molar-refractivity contribution is 8.00. The van der Waals surface area contributed by atoms with Crippen molar-refractivity contribution in [1.29, 1.82) is 5.26 Å². The molecular weight excluding hydrogens is 462 g/mol. The Labute approximate surface area is 208 Å². The molecule has 0 saturated heterocycles. The molecule has 0 aromatic heterocycles. The van der Waals surface area contributed by atoms with Crippen LogP contribution in [0.25, 0.3) is 0 Å². The molecule has 7 nitrogen and oxygen atoms in total. The van der Waals surface area contributed by atoms with Gasteiger partial charge in [-0.25, -0.2) is 4.79 Å². The van der Waals surface area contributed by atoms with E-state index in [9.17, 15) is 14.4 Å². The molecule has 2 amide bonds. The van der Waals surface area contributed by atoms with E-state index in [1.54, 1.807) is 48.5 Å². The minimum Gasteiger partial charge on any atom is -0.452 e. The molecule has 0 unspecified atom stereocenters. The minimum atomic E-state index is -0.638. The standard InChI is InChI=1S/C27H25N3O4S/c1-19(21-9-3-2-4-10-21)16-29-25(31)17-34-27(33)23-12-5-6-13-24(23)35-18-26(32)30-22-11-7-8-20(14-22)15-28/h2-14,19H,16-18H2,1H3,(H,29,31)(H,30,32)/t19-/m1/s1. The van der Waals surface area contributed by atoms with Crippen LogP contribution in [-0.2, 0) is 14.3 Å². The van der Waals surface area contributed by atoms with Gasteiger partial charge in [-0.05, 0) is 41.8 Å². The largest absolute Gasteiger partial charge is 0.452 e. The summed E-state index contributed by atoms with van der Waals surface area (Å²) >= 11 is 1.18. The molecule has 0 aliphatic rings. The monoisotopic (exact) mass is 487 g/mol. The Kier molecular flexibility index (Phi) is 9.46. The summed E-state index contributed by atoms with van der Waals surface area (Å²) in [4.78, 5) is 37.6. The van der Waals surface area contributed by atoms with Gasteiger partial charge in [0.15, 0.2) is 6.61 Å². The number of hydrogen-bond acceptors (Lipinski definition) is 6. The molecule has 3 rings (SSSR count). The van der Waals surface area contributed by atoms with Crippen molar-refractivity contribution in [3.8, 4) is 6.07 Å². The molecule has 178 valence electrons. The van der Waals surface area contributed by atoms with E-state index in [-0.39, 0.29) is 29.0 Å². The Morgan fingerprint density at radius 2 is 1.71 bits per heavy atom. The number of anilines is 1. The number of nitrogens with zero attached hydrogens (tertiary/aromatic N) is 1.